The molecule has 146 valence electrons. The van der Waals surface area contributed by atoms with E-state index in [1.807, 2.05) is 25.1 Å². The number of H-pyrrole nitrogens is 1. The predicted octanol–water partition coefficient (Wildman–Crippen LogP) is 2.87. The van der Waals surface area contributed by atoms with E-state index in [4.69, 9.17) is 9.40 Å². The first-order chi connectivity index (χ1) is 13.6. The average Bonchev–Trinajstić information content (AvgIpc) is 3.44. The molecule has 3 N–H and O–H groups in total. The first-order valence-corrected chi connectivity index (χ1v) is 9.37. The Morgan fingerprint density at radius 3 is 2.96 bits per heavy atom. The highest BCUT2D eigenvalue weighted by atomic mass is 16.4. The van der Waals surface area contributed by atoms with Gasteiger partial charge in [-0.05, 0) is 43.5 Å². The standard InChI is InChI=1S/C20H23N5O3/c1-12-5-3-6-14-17(12)24-18(23-14)15-7-4-10-25(15)20(27)22-11-13-8-9-16(28-13)19(26)21-2/h3,5-6,8-9,15H,4,7,10-11H2,1-2H3,(H,21,26)(H,22,27)(H,23,24). The molecule has 2 aromatic heterocycles. The van der Waals surface area contributed by atoms with Gasteiger partial charge >= 0.3 is 6.03 Å². The molecule has 1 aliphatic heterocycles. The number of nitrogens with one attached hydrogen (secondary N) is 3. The Kier molecular flexibility index (Phi) is 4.77. The smallest absolute Gasteiger partial charge is 0.318 e. The Balaban J connectivity index is 1.45. The van der Waals surface area contributed by atoms with Gasteiger partial charge < -0.3 is 24.9 Å². The summed E-state index contributed by atoms with van der Waals surface area (Å²) in [5.74, 6) is 1.28. The Morgan fingerprint density at radius 2 is 2.18 bits per heavy atom. The van der Waals surface area contributed by atoms with Crippen LogP contribution in [0.2, 0.25) is 0 Å². The summed E-state index contributed by atoms with van der Waals surface area (Å²) in [7, 11) is 1.54. The Hall–Kier alpha value is -3.29. The van der Waals surface area contributed by atoms with Crippen LogP contribution in [0.5, 0.6) is 0 Å². The summed E-state index contributed by atoms with van der Waals surface area (Å²) >= 11 is 0. The zero-order valence-corrected chi connectivity index (χ0v) is 15.9. The summed E-state index contributed by atoms with van der Waals surface area (Å²) in [4.78, 5) is 34.2. The van der Waals surface area contributed by atoms with Crippen LogP contribution in [0.15, 0.2) is 34.7 Å². The number of urea groups is 1. The zero-order chi connectivity index (χ0) is 19.7. The molecule has 1 aliphatic rings. The number of para-hydroxylation sites is 1. The van der Waals surface area contributed by atoms with Crippen molar-refractivity contribution in [1.82, 2.24) is 25.5 Å². The van der Waals surface area contributed by atoms with E-state index in [2.05, 4.69) is 15.6 Å². The van der Waals surface area contributed by atoms with Crippen molar-refractivity contribution in [2.24, 2.45) is 0 Å². The number of aryl methyl sites for hydroxylation is 1. The topological polar surface area (TPSA) is 103 Å². The van der Waals surface area contributed by atoms with Crippen molar-refractivity contribution >= 4 is 23.0 Å². The number of aromatic nitrogens is 2. The fourth-order valence-corrected chi connectivity index (χ4v) is 3.63. The highest BCUT2D eigenvalue weighted by Crippen LogP contribution is 2.31. The van der Waals surface area contributed by atoms with Crippen LogP contribution in [0.3, 0.4) is 0 Å². The Morgan fingerprint density at radius 1 is 1.32 bits per heavy atom. The van der Waals surface area contributed by atoms with Crippen molar-refractivity contribution in [3.8, 4) is 0 Å². The van der Waals surface area contributed by atoms with Crippen molar-refractivity contribution in [2.45, 2.75) is 32.4 Å². The van der Waals surface area contributed by atoms with E-state index in [0.717, 1.165) is 35.3 Å². The molecule has 3 heterocycles. The second-order valence-electron chi connectivity index (χ2n) is 6.95. The monoisotopic (exact) mass is 381 g/mol. The second kappa shape index (κ2) is 7.38. The Bertz CT molecular complexity index is 1020. The van der Waals surface area contributed by atoms with Crippen molar-refractivity contribution in [1.29, 1.82) is 0 Å². The molecule has 8 nitrogen and oxygen atoms in total. The normalized spacial score (nSPS) is 16.5. The van der Waals surface area contributed by atoms with Gasteiger partial charge in [-0.25, -0.2) is 9.78 Å². The average molecular weight is 381 g/mol. The number of carbonyl (C=O) groups excluding carboxylic acids is 2. The lowest BCUT2D eigenvalue weighted by molar-refractivity contribution is 0.0933. The molecule has 1 fully saturated rings. The molecule has 8 heteroatoms. The van der Waals surface area contributed by atoms with Gasteiger partial charge in [0.1, 0.15) is 11.6 Å². The van der Waals surface area contributed by atoms with Gasteiger partial charge in [0.15, 0.2) is 5.76 Å². The number of aromatic amines is 1. The van der Waals surface area contributed by atoms with Gasteiger partial charge in [-0.1, -0.05) is 12.1 Å². The fourth-order valence-electron chi connectivity index (χ4n) is 3.63. The molecule has 3 amide bonds. The number of nitrogens with zero attached hydrogens (tertiary/aromatic N) is 2. The van der Waals surface area contributed by atoms with E-state index < -0.39 is 0 Å². The summed E-state index contributed by atoms with van der Waals surface area (Å²) in [5.41, 5.74) is 3.04. The number of likely N-dealkylation sites (tertiary alicyclic amines) is 1. The molecule has 0 aliphatic carbocycles. The van der Waals surface area contributed by atoms with Gasteiger partial charge in [0, 0.05) is 13.6 Å². The van der Waals surface area contributed by atoms with Crippen LogP contribution in [0.25, 0.3) is 11.0 Å². The molecule has 0 saturated carbocycles. The molecule has 1 unspecified atom stereocenters. The number of carbonyl (C=O) groups is 2. The third-order valence-electron chi connectivity index (χ3n) is 5.09. The quantitative estimate of drug-likeness (QED) is 0.646. The van der Waals surface area contributed by atoms with E-state index in [9.17, 15) is 9.59 Å². The first kappa shape index (κ1) is 18.1. The number of furan rings is 1. The van der Waals surface area contributed by atoms with E-state index >= 15 is 0 Å². The SMILES string of the molecule is CNC(=O)c1ccc(CNC(=O)N2CCCC2c2nc3c(C)cccc3[nH]2)o1. The van der Waals surface area contributed by atoms with E-state index in [1.54, 1.807) is 24.1 Å². The maximum Gasteiger partial charge on any atom is 0.318 e. The number of rotatable bonds is 4. The zero-order valence-electron chi connectivity index (χ0n) is 15.9. The molecule has 0 radical (unpaired) electrons. The molecule has 4 rings (SSSR count). The highest BCUT2D eigenvalue weighted by Gasteiger charge is 2.32. The van der Waals surface area contributed by atoms with Gasteiger partial charge in [0.05, 0.1) is 23.6 Å². The number of hydrogen-bond donors (Lipinski definition) is 3. The third kappa shape index (κ3) is 3.33. The molecular weight excluding hydrogens is 358 g/mol. The van der Waals surface area contributed by atoms with Crippen molar-refractivity contribution in [3.05, 3.63) is 53.2 Å². The van der Waals surface area contributed by atoms with E-state index in [-0.39, 0.29) is 30.3 Å². The van der Waals surface area contributed by atoms with Gasteiger partial charge in [0.2, 0.25) is 0 Å². The van der Waals surface area contributed by atoms with E-state index in [0.29, 0.717) is 12.3 Å². The molecule has 0 bridgehead atoms. The predicted molar refractivity (Wildman–Crippen MR) is 104 cm³/mol. The minimum absolute atomic E-state index is 0.0789. The lowest BCUT2D eigenvalue weighted by Crippen LogP contribution is -2.39. The molecule has 1 aromatic carbocycles. The third-order valence-corrected chi connectivity index (χ3v) is 5.09. The maximum absolute atomic E-state index is 12.7. The van der Waals surface area contributed by atoms with Gasteiger partial charge in [-0.3, -0.25) is 4.79 Å². The summed E-state index contributed by atoms with van der Waals surface area (Å²) in [6.07, 6.45) is 1.80. The highest BCUT2D eigenvalue weighted by molar-refractivity contribution is 5.91. The molecule has 28 heavy (non-hydrogen) atoms. The van der Waals surface area contributed by atoms with Crippen molar-refractivity contribution < 1.29 is 14.0 Å². The molecule has 0 spiro atoms. The number of benzene rings is 1. The molecule has 3 aromatic rings. The van der Waals surface area contributed by atoms with Crippen LogP contribution in [0, 0.1) is 6.92 Å². The summed E-state index contributed by atoms with van der Waals surface area (Å²) in [6.45, 7) is 2.93. The van der Waals surface area contributed by atoms with Crippen LogP contribution >= 0.6 is 0 Å². The lowest BCUT2D eigenvalue weighted by atomic mass is 10.2. The summed E-state index contributed by atoms with van der Waals surface area (Å²) < 4.78 is 5.45. The fraction of sp³-hybridized carbons (Fsp3) is 0.350. The summed E-state index contributed by atoms with van der Waals surface area (Å²) in [6, 6.07) is 9.06. The first-order valence-electron chi connectivity index (χ1n) is 9.37. The van der Waals surface area contributed by atoms with Gasteiger partial charge in [-0.2, -0.15) is 0 Å². The minimum atomic E-state index is -0.294. The van der Waals surface area contributed by atoms with Gasteiger partial charge in [0.25, 0.3) is 5.91 Å². The number of fused-ring (bicyclic) bond motifs is 1. The number of imidazole rings is 1. The minimum Gasteiger partial charge on any atom is -0.454 e. The van der Waals surface area contributed by atoms with Crippen LogP contribution < -0.4 is 10.6 Å². The van der Waals surface area contributed by atoms with Crippen LogP contribution in [-0.2, 0) is 6.54 Å². The molecular formula is C20H23N5O3. The van der Waals surface area contributed by atoms with Crippen molar-refractivity contribution in [2.75, 3.05) is 13.6 Å². The molecule has 1 atom stereocenters. The largest absolute Gasteiger partial charge is 0.454 e. The van der Waals surface area contributed by atoms with Crippen molar-refractivity contribution in [3.63, 3.8) is 0 Å². The van der Waals surface area contributed by atoms with Crippen LogP contribution in [0.1, 0.15) is 46.6 Å². The Labute approximate surface area is 162 Å². The maximum atomic E-state index is 12.7. The van der Waals surface area contributed by atoms with Crippen LogP contribution in [-0.4, -0.2) is 40.4 Å². The number of amides is 3. The summed E-state index contributed by atoms with van der Waals surface area (Å²) in [5, 5.41) is 5.38. The van der Waals surface area contributed by atoms with Crippen LogP contribution in [0.4, 0.5) is 4.79 Å². The second-order valence-corrected chi connectivity index (χ2v) is 6.95. The van der Waals surface area contributed by atoms with Gasteiger partial charge in [-0.15, -0.1) is 0 Å². The lowest BCUT2D eigenvalue weighted by Gasteiger charge is -2.23. The molecule has 1 saturated heterocycles. The van der Waals surface area contributed by atoms with E-state index in [1.165, 1.54) is 0 Å². The number of hydrogen-bond acceptors (Lipinski definition) is 4.